The first-order valence-electron chi connectivity index (χ1n) is 11.2. The number of halogens is 1. The number of nitrogens with one attached hydrogen (secondary N) is 1. The Kier molecular flexibility index (Phi) is 21.5. The van der Waals surface area contributed by atoms with Crippen molar-refractivity contribution < 1.29 is 34.2 Å². The van der Waals surface area contributed by atoms with E-state index in [9.17, 15) is 14.4 Å². The molecule has 0 bridgehead atoms. The summed E-state index contributed by atoms with van der Waals surface area (Å²) in [7, 11) is 4.13. The van der Waals surface area contributed by atoms with Gasteiger partial charge in [-0.2, -0.15) is 0 Å². The van der Waals surface area contributed by atoms with Crippen molar-refractivity contribution in [3.05, 3.63) is 0 Å². The van der Waals surface area contributed by atoms with Gasteiger partial charge < -0.3 is 19.8 Å². The van der Waals surface area contributed by atoms with Crippen LogP contribution in [0.5, 0.6) is 0 Å². The summed E-state index contributed by atoms with van der Waals surface area (Å²) < 4.78 is 5.72. The van der Waals surface area contributed by atoms with E-state index in [1.54, 1.807) is 0 Å². The maximum atomic E-state index is 12.1. The average molecular weight is 453 g/mol. The fraction of sp³-hybridized carbons (Fsp3) is 0.864. The lowest BCUT2D eigenvalue weighted by Crippen LogP contribution is -3.05. The molecular formula is C22H43ClNO6+. The number of quaternary nitrogens is 1. The summed E-state index contributed by atoms with van der Waals surface area (Å²) in [6.45, 7) is 0.944. The van der Waals surface area contributed by atoms with Crippen molar-refractivity contribution in [2.45, 2.75) is 102 Å². The van der Waals surface area contributed by atoms with Crippen LogP contribution >= 0.6 is 12.4 Å². The number of esters is 1. The van der Waals surface area contributed by atoms with Crippen molar-refractivity contribution in [3.63, 3.8) is 0 Å². The van der Waals surface area contributed by atoms with E-state index in [0.29, 0.717) is 12.8 Å². The van der Waals surface area contributed by atoms with E-state index in [4.69, 9.17) is 14.9 Å². The van der Waals surface area contributed by atoms with Gasteiger partial charge in [-0.25, -0.2) is 0 Å². The van der Waals surface area contributed by atoms with E-state index >= 15 is 0 Å². The molecule has 0 aliphatic heterocycles. The highest BCUT2D eigenvalue weighted by Gasteiger charge is 2.14. The zero-order chi connectivity index (χ0) is 21.9. The molecule has 0 saturated heterocycles. The van der Waals surface area contributed by atoms with Crippen LogP contribution in [0.1, 0.15) is 96.3 Å². The maximum Gasteiger partial charge on any atom is 0.306 e. The molecule has 0 saturated carbocycles. The Hall–Kier alpha value is -1.34. The van der Waals surface area contributed by atoms with Gasteiger partial charge in [-0.1, -0.05) is 32.1 Å². The molecule has 0 aromatic carbocycles. The molecule has 0 heterocycles. The molecule has 0 fully saturated rings. The Morgan fingerprint density at radius 2 is 1.13 bits per heavy atom. The van der Waals surface area contributed by atoms with Crippen LogP contribution in [0, 0.1) is 0 Å². The number of carbonyl (C=O) groups is 3. The van der Waals surface area contributed by atoms with Gasteiger partial charge >= 0.3 is 17.9 Å². The summed E-state index contributed by atoms with van der Waals surface area (Å²) in [6, 6.07) is 0. The molecule has 0 aromatic rings. The van der Waals surface area contributed by atoms with E-state index < -0.39 is 11.9 Å². The average Bonchev–Trinajstić information content (AvgIpc) is 2.62. The molecule has 3 N–H and O–H groups in total. The number of carbonyl (C=O) groups excluding carboxylic acids is 1. The van der Waals surface area contributed by atoms with Crippen molar-refractivity contribution in [3.8, 4) is 0 Å². The van der Waals surface area contributed by atoms with Crippen LogP contribution < -0.4 is 4.90 Å². The third-order valence-electron chi connectivity index (χ3n) is 4.94. The molecule has 0 aromatic heterocycles. The lowest BCUT2D eigenvalue weighted by molar-refractivity contribution is -0.858. The molecule has 0 radical (unpaired) electrons. The lowest BCUT2D eigenvalue weighted by atomic mass is 10.0. The second-order valence-electron chi connectivity index (χ2n) is 8.22. The number of unbranched alkanes of at least 4 members (excludes halogenated alkanes) is 7. The van der Waals surface area contributed by atoms with Gasteiger partial charge in [0.1, 0.15) is 6.10 Å². The van der Waals surface area contributed by atoms with Crippen molar-refractivity contribution in [1.29, 1.82) is 0 Å². The number of hydrogen-bond acceptors (Lipinski definition) is 4. The minimum Gasteiger partial charge on any atom is -0.481 e. The normalized spacial score (nSPS) is 11.7. The summed E-state index contributed by atoms with van der Waals surface area (Å²) >= 11 is 0. The van der Waals surface area contributed by atoms with E-state index in [-0.39, 0.29) is 37.3 Å². The maximum absolute atomic E-state index is 12.1. The molecule has 30 heavy (non-hydrogen) atoms. The van der Waals surface area contributed by atoms with E-state index in [0.717, 1.165) is 77.2 Å². The van der Waals surface area contributed by atoms with Gasteiger partial charge in [0.05, 0.1) is 27.1 Å². The van der Waals surface area contributed by atoms with Crippen molar-refractivity contribution in [2.24, 2.45) is 0 Å². The Bertz CT molecular complexity index is 459. The first-order chi connectivity index (χ1) is 13.8. The Morgan fingerprint density at radius 3 is 1.57 bits per heavy atom. The van der Waals surface area contributed by atoms with Gasteiger partial charge in [0.2, 0.25) is 0 Å². The number of ether oxygens (including phenoxy) is 1. The van der Waals surface area contributed by atoms with Gasteiger partial charge in [-0.3, -0.25) is 14.4 Å². The molecule has 0 amide bonds. The van der Waals surface area contributed by atoms with Crippen LogP contribution in [-0.2, 0) is 19.1 Å². The van der Waals surface area contributed by atoms with Gasteiger partial charge in [0.15, 0.2) is 0 Å². The van der Waals surface area contributed by atoms with Crippen LogP contribution in [0.25, 0.3) is 0 Å². The number of rotatable bonds is 20. The molecule has 7 nitrogen and oxygen atoms in total. The lowest BCUT2D eigenvalue weighted by Gasteiger charge is -2.18. The number of carboxylic acids is 2. The number of hydrogen-bond donors (Lipinski definition) is 3. The molecule has 0 aliphatic carbocycles. The predicted molar refractivity (Wildman–Crippen MR) is 119 cm³/mol. The second kappa shape index (κ2) is 20.9. The van der Waals surface area contributed by atoms with Crippen molar-refractivity contribution in [2.75, 3.05) is 20.6 Å². The second-order valence-corrected chi connectivity index (χ2v) is 8.22. The molecule has 0 aliphatic rings. The monoisotopic (exact) mass is 452 g/mol. The summed E-state index contributed by atoms with van der Waals surface area (Å²) in [5.74, 6) is -1.61. The summed E-state index contributed by atoms with van der Waals surface area (Å²) in [6.07, 6.45) is 11.5. The third-order valence-corrected chi connectivity index (χ3v) is 4.94. The first-order valence-corrected chi connectivity index (χ1v) is 11.2. The van der Waals surface area contributed by atoms with Crippen LogP contribution in [-0.4, -0.2) is 54.9 Å². The molecule has 1 atom stereocenters. The summed E-state index contributed by atoms with van der Waals surface area (Å²) in [4.78, 5) is 34.5. The highest BCUT2D eigenvalue weighted by molar-refractivity contribution is 5.85. The molecule has 1 unspecified atom stereocenters. The predicted octanol–water partition coefficient (Wildman–Crippen LogP) is 3.49. The zero-order valence-electron chi connectivity index (χ0n) is 18.8. The largest absolute Gasteiger partial charge is 0.481 e. The quantitative estimate of drug-likeness (QED) is 0.193. The zero-order valence-corrected chi connectivity index (χ0v) is 19.6. The minimum absolute atomic E-state index is 0. The van der Waals surface area contributed by atoms with Gasteiger partial charge in [-0.15, -0.1) is 12.4 Å². The van der Waals surface area contributed by atoms with E-state index in [2.05, 4.69) is 14.1 Å². The molecular weight excluding hydrogens is 410 g/mol. The van der Waals surface area contributed by atoms with E-state index in [1.807, 2.05) is 0 Å². The summed E-state index contributed by atoms with van der Waals surface area (Å²) in [5.41, 5.74) is 0. The Labute approximate surface area is 188 Å². The minimum atomic E-state index is -0.750. The fourth-order valence-electron chi connectivity index (χ4n) is 3.27. The molecule has 0 spiro atoms. The van der Waals surface area contributed by atoms with Crippen LogP contribution in [0.2, 0.25) is 0 Å². The van der Waals surface area contributed by atoms with E-state index in [1.165, 1.54) is 4.90 Å². The van der Waals surface area contributed by atoms with Crippen LogP contribution in [0.3, 0.4) is 0 Å². The molecule has 178 valence electrons. The third kappa shape index (κ3) is 22.9. The highest BCUT2D eigenvalue weighted by Crippen LogP contribution is 2.17. The van der Waals surface area contributed by atoms with Gasteiger partial charge in [0.25, 0.3) is 0 Å². The topological polar surface area (TPSA) is 105 Å². The first kappa shape index (κ1) is 30.9. The summed E-state index contributed by atoms with van der Waals surface area (Å²) in [5, 5.41) is 17.3. The highest BCUT2D eigenvalue weighted by atomic mass is 35.5. The standard InChI is InChI=1S/C22H41NO6.ClH/c1-23(2)18-12-17-22(28)29-19(14-9-6-7-11-16-21(26)27)13-8-4-3-5-10-15-20(24)25;/h19H,3-18H2,1-2H3,(H,24,25)(H,26,27);1H/p+1. The Morgan fingerprint density at radius 1 is 0.700 bits per heavy atom. The SMILES string of the molecule is C[NH+](C)CCCC(=O)OC(CCCCCCCC(=O)O)CCCCCCC(=O)O.Cl. The molecule has 8 heteroatoms. The van der Waals surface area contributed by atoms with Crippen molar-refractivity contribution in [1.82, 2.24) is 0 Å². The number of carboxylic acid groups (broad SMARTS) is 2. The smallest absolute Gasteiger partial charge is 0.306 e. The number of aliphatic carboxylic acids is 2. The van der Waals surface area contributed by atoms with Crippen LogP contribution in [0.4, 0.5) is 0 Å². The molecule has 0 rings (SSSR count). The Balaban J connectivity index is 0. The van der Waals surface area contributed by atoms with Gasteiger partial charge in [0, 0.05) is 19.3 Å². The van der Waals surface area contributed by atoms with Crippen LogP contribution in [0.15, 0.2) is 0 Å². The van der Waals surface area contributed by atoms with Gasteiger partial charge in [-0.05, 0) is 38.5 Å². The fourth-order valence-corrected chi connectivity index (χ4v) is 3.27. The van der Waals surface area contributed by atoms with Crippen molar-refractivity contribution >= 4 is 30.3 Å².